The van der Waals surface area contributed by atoms with Gasteiger partial charge < -0.3 is 14.8 Å². The number of hydrogen-bond donors (Lipinski definition) is 1. The molecule has 0 bridgehead atoms. The lowest BCUT2D eigenvalue weighted by molar-refractivity contribution is -0.384. The van der Waals surface area contributed by atoms with Crippen LogP contribution in [0.2, 0.25) is 5.02 Å². The molecule has 0 spiro atoms. The zero-order valence-corrected chi connectivity index (χ0v) is 13.6. The van der Waals surface area contributed by atoms with Crippen LogP contribution < -0.4 is 10.1 Å². The summed E-state index contributed by atoms with van der Waals surface area (Å²) in [5, 5.41) is 13.6. The zero-order chi connectivity index (χ0) is 17.5. The molecule has 0 unspecified atom stereocenters. The molecule has 0 aliphatic heterocycles. The molecule has 7 nitrogen and oxygen atoms in total. The number of amides is 1. The highest BCUT2D eigenvalue weighted by Crippen LogP contribution is 2.23. The molecule has 24 heavy (non-hydrogen) atoms. The first kappa shape index (κ1) is 17.7. The number of ether oxygens (including phenoxy) is 2. The molecule has 1 N–H and O–H groups in total. The van der Waals surface area contributed by atoms with Gasteiger partial charge in [0.15, 0.2) is 0 Å². The monoisotopic (exact) mass is 350 g/mol. The molecule has 2 aromatic rings. The van der Waals surface area contributed by atoms with Crippen LogP contribution in [0.1, 0.15) is 10.4 Å². The number of carbonyl (C=O) groups is 1. The van der Waals surface area contributed by atoms with Crippen LogP contribution in [-0.4, -0.2) is 31.2 Å². The zero-order valence-electron chi connectivity index (χ0n) is 12.8. The SMILES string of the molecule is COCCOc1ccc(NC(=O)c2cc([N+](=O)[O-])ccc2Cl)cc1. The van der Waals surface area contributed by atoms with Gasteiger partial charge in [-0.25, -0.2) is 0 Å². The first-order valence-corrected chi connectivity index (χ1v) is 7.36. The molecule has 8 heteroatoms. The number of anilines is 1. The van der Waals surface area contributed by atoms with Crippen LogP contribution in [0.3, 0.4) is 0 Å². The fourth-order valence-electron chi connectivity index (χ4n) is 1.88. The Kier molecular flexibility index (Phi) is 6.11. The van der Waals surface area contributed by atoms with Gasteiger partial charge in [-0.2, -0.15) is 0 Å². The average Bonchev–Trinajstić information content (AvgIpc) is 2.56. The van der Waals surface area contributed by atoms with Crippen molar-refractivity contribution in [2.45, 2.75) is 0 Å². The van der Waals surface area contributed by atoms with Gasteiger partial charge in [0.05, 0.1) is 22.1 Å². The minimum absolute atomic E-state index is 0.0336. The van der Waals surface area contributed by atoms with Crippen molar-refractivity contribution in [3.8, 4) is 5.75 Å². The summed E-state index contributed by atoms with van der Waals surface area (Å²) in [7, 11) is 1.58. The van der Waals surface area contributed by atoms with Crippen molar-refractivity contribution in [2.75, 3.05) is 25.6 Å². The fourth-order valence-corrected chi connectivity index (χ4v) is 2.08. The van der Waals surface area contributed by atoms with E-state index in [1.165, 1.54) is 12.1 Å². The summed E-state index contributed by atoms with van der Waals surface area (Å²) in [6, 6.07) is 10.4. The summed E-state index contributed by atoms with van der Waals surface area (Å²) in [5.41, 5.74) is 0.347. The van der Waals surface area contributed by atoms with Crippen molar-refractivity contribution < 1.29 is 19.2 Å². The van der Waals surface area contributed by atoms with Crippen molar-refractivity contribution in [1.29, 1.82) is 0 Å². The number of methoxy groups -OCH3 is 1. The maximum Gasteiger partial charge on any atom is 0.270 e. The smallest absolute Gasteiger partial charge is 0.270 e. The van der Waals surface area contributed by atoms with Crippen molar-refractivity contribution in [1.82, 2.24) is 0 Å². The Morgan fingerprint density at radius 3 is 2.54 bits per heavy atom. The molecule has 0 saturated carbocycles. The largest absolute Gasteiger partial charge is 0.491 e. The maximum atomic E-state index is 12.2. The third-order valence-electron chi connectivity index (χ3n) is 3.07. The lowest BCUT2D eigenvalue weighted by Gasteiger charge is -2.09. The number of halogens is 1. The average molecular weight is 351 g/mol. The lowest BCUT2D eigenvalue weighted by atomic mass is 10.2. The van der Waals surface area contributed by atoms with E-state index >= 15 is 0 Å². The Morgan fingerprint density at radius 1 is 1.21 bits per heavy atom. The van der Waals surface area contributed by atoms with E-state index < -0.39 is 10.8 Å². The molecule has 2 aromatic carbocycles. The Hall–Kier alpha value is -2.64. The molecule has 126 valence electrons. The Bertz CT molecular complexity index is 734. The summed E-state index contributed by atoms with van der Waals surface area (Å²) in [5.74, 6) is 0.107. The maximum absolute atomic E-state index is 12.2. The fraction of sp³-hybridized carbons (Fsp3) is 0.188. The van der Waals surface area contributed by atoms with Crippen LogP contribution in [0.4, 0.5) is 11.4 Å². The molecule has 0 saturated heterocycles. The van der Waals surface area contributed by atoms with Gasteiger partial charge in [-0.3, -0.25) is 14.9 Å². The predicted octanol–water partition coefficient (Wildman–Crippen LogP) is 3.53. The van der Waals surface area contributed by atoms with E-state index in [1.54, 1.807) is 31.4 Å². The van der Waals surface area contributed by atoms with Gasteiger partial charge in [0.2, 0.25) is 0 Å². The molecule has 0 heterocycles. The van der Waals surface area contributed by atoms with E-state index in [-0.39, 0.29) is 16.3 Å². The van der Waals surface area contributed by atoms with Gasteiger partial charge in [-0.05, 0) is 30.3 Å². The third-order valence-corrected chi connectivity index (χ3v) is 3.40. The molecule has 0 aromatic heterocycles. The van der Waals surface area contributed by atoms with Gasteiger partial charge >= 0.3 is 0 Å². The number of benzene rings is 2. The molecule has 0 fully saturated rings. The van der Waals surface area contributed by atoms with Gasteiger partial charge in [-0.1, -0.05) is 11.6 Å². The molecule has 0 aliphatic rings. The Balaban J connectivity index is 2.07. The van der Waals surface area contributed by atoms with Crippen molar-refractivity contribution >= 4 is 28.9 Å². The van der Waals surface area contributed by atoms with Crippen LogP contribution in [0, 0.1) is 10.1 Å². The van der Waals surface area contributed by atoms with Gasteiger partial charge in [0.25, 0.3) is 11.6 Å². The van der Waals surface area contributed by atoms with Crippen molar-refractivity contribution in [2.24, 2.45) is 0 Å². The topological polar surface area (TPSA) is 90.7 Å². The minimum Gasteiger partial charge on any atom is -0.491 e. The van der Waals surface area contributed by atoms with Gasteiger partial charge in [0, 0.05) is 24.9 Å². The van der Waals surface area contributed by atoms with E-state index in [0.29, 0.717) is 24.7 Å². The lowest BCUT2D eigenvalue weighted by Crippen LogP contribution is -2.13. The van der Waals surface area contributed by atoms with Gasteiger partial charge in [0.1, 0.15) is 12.4 Å². The quantitative estimate of drug-likeness (QED) is 0.468. The minimum atomic E-state index is -0.584. The molecule has 0 aliphatic carbocycles. The van der Waals surface area contributed by atoms with Gasteiger partial charge in [-0.15, -0.1) is 0 Å². The van der Waals surface area contributed by atoms with E-state index in [1.807, 2.05) is 0 Å². The molecular weight excluding hydrogens is 336 g/mol. The molecule has 1 amide bonds. The second-order valence-corrected chi connectivity index (χ2v) is 5.15. The van der Waals surface area contributed by atoms with Crippen LogP contribution in [0.25, 0.3) is 0 Å². The molecular formula is C16H15ClN2O5. The molecule has 0 atom stereocenters. The summed E-state index contributed by atoms with van der Waals surface area (Å²) >= 11 is 5.94. The summed E-state index contributed by atoms with van der Waals surface area (Å²) in [6.07, 6.45) is 0. The van der Waals surface area contributed by atoms with E-state index in [0.717, 1.165) is 6.07 Å². The number of nitrogens with zero attached hydrogens (tertiary/aromatic N) is 1. The number of non-ortho nitro benzene ring substituents is 1. The van der Waals surface area contributed by atoms with Crippen molar-refractivity contribution in [3.63, 3.8) is 0 Å². The highest BCUT2D eigenvalue weighted by molar-refractivity contribution is 6.34. The van der Waals surface area contributed by atoms with E-state index in [9.17, 15) is 14.9 Å². The Morgan fingerprint density at radius 2 is 1.92 bits per heavy atom. The predicted molar refractivity (Wildman–Crippen MR) is 89.9 cm³/mol. The number of nitrogens with one attached hydrogen (secondary N) is 1. The normalized spacial score (nSPS) is 10.2. The first-order chi connectivity index (χ1) is 11.5. The number of nitro groups is 1. The van der Waals surface area contributed by atoms with Crippen molar-refractivity contribution in [3.05, 3.63) is 63.2 Å². The van der Waals surface area contributed by atoms with Crippen LogP contribution in [0.5, 0.6) is 5.75 Å². The second kappa shape index (κ2) is 8.28. The van der Waals surface area contributed by atoms with Crippen LogP contribution in [-0.2, 0) is 4.74 Å². The first-order valence-electron chi connectivity index (χ1n) is 6.98. The third kappa shape index (κ3) is 4.68. The van der Waals surface area contributed by atoms with Crippen LogP contribution >= 0.6 is 11.6 Å². The van der Waals surface area contributed by atoms with E-state index in [4.69, 9.17) is 21.1 Å². The van der Waals surface area contributed by atoms with E-state index in [2.05, 4.69) is 5.32 Å². The second-order valence-electron chi connectivity index (χ2n) is 4.74. The molecule has 0 radical (unpaired) electrons. The summed E-state index contributed by atoms with van der Waals surface area (Å²) in [4.78, 5) is 22.5. The standard InChI is InChI=1S/C16H15ClN2O5/c1-23-8-9-24-13-5-2-11(3-6-13)18-16(20)14-10-12(19(21)22)4-7-15(14)17/h2-7,10H,8-9H2,1H3,(H,18,20). The number of hydrogen-bond acceptors (Lipinski definition) is 5. The Labute approximate surface area is 143 Å². The number of carbonyl (C=O) groups excluding carboxylic acids is 1. The summed E-state index contributed by atoms with van der Waals surface area (Å²) in [6.45, 7) is 0.898. The summed E-state index contributed by atoms with van der Waals surface area (Å²) < 4.78 is 10.3. The van der Waals surface area contributed by atoms with Crippen LogP contribution in [0.15, 0.2) is 42.5 Å². The number of nitro benzene ring substituents is 1. The molecule has 2 rings (SSSR count). The highest BCUT2D eigenvalue weighted by atomic mass is 35.5. The highest BCUT2D eigenvalue weighted by Gasteiger charge is 2.16. The number of rotatable bonds is 7.